The van der Waals surface area contributed by atoms with Crippen LogP contribution in [0.3, 0.4) is 0 Å². The van der Waals surface area contributed by atoms with E-state index in [1.165, 1.54) is 23.0 Å². The summed E-state index contributed by atoms with van der Waals surface area (Å²) in [7, 11) is 3.11. The van der Waals surface area contributed by atoms with Crippen LogP contribution in [0.2, 0.25) is 0 Å². The normalized spacial score (nSPS) is 12.9. The average molecular weight is 408 g/mol. The number of carbonyl (C=O) groups is 1. The molecule has 29 heavy (non-hydrogen) atoms. The molecule has 0 atom stereocenters. The number of benzene rings is 1. The largest absolute Gasteiger partial charge is 0.330 e. The van der Waals surface area contributed by atoms with Crippen molar-refractivity contribution in [1.29, 1.82) is 0 Å². The molecule has 0 unspecified atom stereocenters. The summed E-state index contributed by atoms with van der Waals surface area (Å²) in [4.78, 5) is 42.0. The number of carbonyl (C=O) groups excluding carboxylic acids is 1. The van der Waals surface area contributed by atoms with Crippen molar-refractivity contribution in [3.8, 4) is 11.3 Å². The molecule has 3 aromatic rings. The van der Waals surface area contributed by atoms with Gasteiger partial charge in [0.05, 0.1) is 17.7 Å². The molecule has 1 aliphatic rings. The van der Waals surface area contributed by atoms with Gasteiger partial charge < -0.3 is 5.32 Å². The third-order valence-electron chi connectivity index (χ3n) is 5.19. The first kappa shape index (κ1) is 19.1. The standard InChI is InChI=1S/C21H20N4O3S/c1-12-9-16-18(19(27)25(3)21(28)24(16)2)14(12)10-17(26)23-20-22-15(11-29-20)13-7-5-4-6-8-13/h4-8,11H,9-10H2,1-3H3,(H,22,23,26). The molecule has 1 aromatic carbocycles. The van der Waals surface area contributed by atoms with Crippen molar-refractivity contribution in [2.75, 3.05) is 5.32 Å². The van der Waals surface area contributed by atoms with Gasteiger partial charge in [-0.2, -0.15) is 0 Å². The van der Waals surface area contributed by atoms with Crippen LogP contribution in [-0.2, 0) is 25.3 Å². The number of nitrogens with zero attached hydrogens (tertiary/aromatic N) is 3. The van der Waals surface area contributed by atoms with Crippen LogP contribution in [0.5, 0.6) is 0 Å². The molecule has 148 valence electrons. The summed E-state index contributed by atoms with van der Waals surface area (Å²) in [6, 6.07) is 9.74. The summed E-state index contributed by atoms with van der Waals surface area (Å²) in [6.07, 6.45) is 0.557. The lowest BCUT2D eigenvalue weighted by atomic mass is 10.0. The summed E-state index contributed by atoms with van der Waals surface area (Å²) in [6.45, 7) is 1.89. The monoisotopic (exact) mass is 408 g/mol. The maximum atomic E-state index is 12.7. The van der Waals surface area contributed by atoms with E-state index < -0.39 is 0 Å². The summed E-state index contributed by atoms with van der Waals surface area (Å²) in [5.41, 5.74) is 3.82. The predicted octanol–water partition coefficient (Wildman–Crippen LogP) is 2.57. The first-order valence-corrected chi connectivity index (χ1v) is 10.0. The van der Waals surface area contributed by atoms with E-state index in [1.807, 2.05) is 42.6 Å². The lowest BCUT2D eigenvalue weighted by molar-refractivity contribution is -0.115. The van der Waals surface area contributed by atoms with Gasteiger partial charge in [0.2, 0.25) is 5.91 Å². The van der Waals surface area contributed by atoms with Gasteiger partial charge in [-0.15, -0.1) is 11.3 Å². The molecule has 0 spiro atoms. The fraction of sp³-hybridized carbons (Fsp3) is 0.238. The number of allylic oxidation sites excluding steroid dienone is 1. The Bertz CT molecular complexity index is 1270. The minimum Gasteiger partial charge on any atom is -0.302 e. The van der Waals surface area contributed by atoms with Crippen molar-refractivity contribution in [2.24, 2.45) is 14.1 Å². The van der Waals surface area contributed by atoms with Crippen LogP contribution in [0.4, 0.5) is 5.13 Å². The maximum Gasteiger partial charge on any atom is 0.330 e. The highest BCUT2D eigenvalue weighted by molar-refractivity contribution is 7.14. The Balaban J connectivity index is 1.57. The van der Waals surface area contributed by atoms with Gasteiger partial charge in [0.15, 0.2) is 5.13 Å². The number of amides is 1. The molecular weight excluding hydrogens is 388 g/mol. The molecule has 0 aliphatic heterocycles. The summed E-state index contributed by atoms with van der Waals surface area (Å²) in [5, 5.41) is 5.23. The van der Waals surface area contributed by atoms with E-state index in [9.17, 15) is 14.4 Å². The zero-order valence-electron chi connectivity index (χ0n) is 16.4. The van der Waals surface area contributed by atoms with Gasteiger partial charge in [0.25, 0.3) is 5.56 Å². The fourth-order valence-electron chi connectivity index (χ4n) is 3.60. The van der Waals surface area contributed by atoms with Crippen molar-refractivity contribution in [3.63, 3.8) is 0 Å². The van der Waals surface area contributed by atoms with Crippen LogP contribution in [0.25, 0.3) is 16.8 Å². The van der Waals surface area contributed by atoms with E-state index in [-0.39, 0.29) is 23.6 Å². The van der Waals surface area contributed by atoms with Crippen LogP contribution in [0.15, 0.2) is 50.9 Å². The smallest absolute Gasteiger partial charge is 0.302 e. The molecule has 4 rings (SSSR count). The zero-order chi connectivity index (χ0) is 20.7. The summed E-state index contributed by atoms with van der Waals surface area (Å²) < 4.78 is 2.57. The third kappa shape index (κ3) is 3.36. The highest BCUT2D eigenvalue weighted by Crippen LogP contribution is 2.32. The average Bonchev–Trinajstić information content (AvgIpc) is 3.30. The molecule has 0 bridgehead atoms. The molecule has 0 fully saturated rings. The van der Waals surface area contributed by atoms with E-state index >= 15 is 0 Å². The predicted molar refractivity (Wildman–Crippen MR) is 114 cm³/mol. The second kappa shape index (κ2) is 7.29. The highest BCUT2D eigenvalue weighted by atomic mass is 32.1. The van der Waals surface area contributed by atoms with Gasteiger partial charge in [-0.1, -0.05) is 35.9 Å². The van der Waals surface area contributed by atoms with E-state index in [0.717, 1.165) is 21.4 Å². The molecule has 0 saturated heterocycles. The molecule has 2 heterocycles. The van der Waals surface area contributed by atoms with Gasteiger partial charge >= 0.3 is 5.69 Å². The van der Waals surface area contributed by atoms with Crippen molar-refractivity contribution < 1.29 is 4.79 Å². The Labute approximate surface area is 171 Å². The fourth-order valence-corrected chi connectivity index (χ4v) is 4.34. The van der Waals surface area contributed by atoms with Gasteiger partial charge in [0.1, 0.15) is 0 Å². The quantitative estimate of drug-likeness (QED) is 0.719. The van der Waals surface area contributed by atoms with E-state index in [4.69, 9.17) is 0 Å². The molecule has 7 nitrogen and oxygen atoms in total. The zero-order valence-corrected chi connectivity index (χ0v) is 17.2. The SMILES string of the molecule is CC1=C(CC(=O)Nc2nc(-c3ccccc3)cs2)c2c(n(C)c(=O)n(C)c2=O)C1. The molecule has 1 amide bonds. The van der Waals surface area contributed by atoms with Crippen molar-refractivity contribution in [2.45, 2.75) is 19.8 Å². The second-order valence-corrected chi connectivity index (χ2v) is 7.95. The first-order valence-electron chi connectivity index (χ1n) is 9.15. The van der Waals surface area contributed by atoms with Gasteiger partial charge in [-0.3, -0.25) is 18.7 Å². The van der Waals surface area contributed by atoms with E-state index in [1.54, 1.807) is 7.05 Å². The van der Waals surface area contributed by atoms with Gasteiger partial charge in [0, 0.05) is 37.2 Å². The number of nitrogens with one attached hydrogen (secondary N) is 1. The Morgan fingerprint density at radius 3 is 2.62 bits per heavy atom. The lowest BCUT2D eigenvalue weighted by Gasteiger charge is -2.11. The van der Waals surface area contributed by atoms with E-state index in [0.29, 0.717) is 28.4 Å². The molecule has 0 saturated carbocycles. The number of hydrogen-bond donors (Lipinski definition) is 1. The molecule has 1 N–H and O–H groups in total. The topological polar surface area (TPSA) is 86.0 Å². The summed E-state index contributed by atoms with van der Waals surface area (Å²) >= 11 is 1.36. The van der Waals surface area contributed by atoms with Gasteiger partial charge in [-0.25, -0.2) is 9.78 Å². The van der Waals surface area contributed by atoms with Crippen LogP contribution in [0.1, 0.15) is 24.6 Å². The van der Waals surface area contributed by atoms with Crippen molar-refractivity contribution >= 4 is 27.9 Å². The Hall–Kier alpha value is -3.26. The number of thiazole rings is 1. The second-order valence-electron chi connectivity index (χ2n) is 7.09. The third-order valence-corrected chi connectivity index (χ3v) is 5.95. The molecule has 1 aliphatic carbocycles. The highest BCUT2D eigenvalue weighted by Gasteiger charge is 2.28. The molecule has 0 radical (unpaired) electrons. The molecule has 2 aromatic heterocycles. The van der Waals surface area contributed by atoms with Crippen molar-refractivity contribution in [3.05, 3.63) is 73.4 Å². The first-order chi connectivity index (χ1) is 13.9. The molecular formula is C21H20N4O3S. The Morgan fingerprint density at radius 2 is 1.90 bits per heavy atom. The van der Waals surface area contributed by atoms with Gasteiger partial charge in [-0.05, 0) is 12.5 Å². The van der Waals surface area contributed by atoms with E-state index in [2.05, 4.69) is 10.3 Å². The van der Waals surface area contributed by atoms with Crippen LogP contribution < -0.4 is 16.6 Å². The summed E-state index contributed by atoms with van der Waals surface area (Å²) in [5.74, 6) is -0.239. The van der Waals surface area contributed by atoms with Crippen LogP contribution >= 0.6 is 11.3 Å². The number of aromatic nitrogens is 3. The minimum atomic E-state index is -0.358. The maximum absolute atomic E-state index is 12.7. The number of anilines is 1. The number of hydrogen-bond acceptors (Lipinski definition) is 5. The molecule has 8 heteroatoms. The number of rotatable bonds is 4. The Kier molecular flexibility index (Phi) is 4.79. The van der Waals surface area contributed by atoms with Crippen LogP contribution in [-0.4, -0.2) is 20.0 Å². The lowest BCUT2D eigenvalue weighted by Crippen LogP contribution is -2.40. The number of fused-ring (bicyclic) bond motifs is 1. The minimum absolute atomic E-state index is 0.0620. The van der Waals surface area contributed by atoms with Crippen LogP contribution in [0, 0.1) is 0 Å². The van der Waals surface area contributed by atoms with Crippen molar-refractivity contribution in [1.82, 2.24) is 14.1 Å². The Morgan fingerprint density at radius 1 is 1.17 bits per heavy atom.